The van der Waals surface area contributed by atoms with Gasteiger partial charge in [-0.15, -0.1) is 0 Å². The average Bonchev–Trinajstić information content (AvgIpc) is 2.53. The fourth-order valence-corrected chi connectivity index (χ4v) is 1.02. The van der Waals surface area contributed by atoms with Crippen molar-refractivity contribution < 1.29 is 25.0 Å². The Morgan fingerprint density at radius 2 is 2.58 bits per heavy atom. The predicted octanol–water partition coefficient (Wildman–Crippen LogP) is 2.01. The van der Waals surface area contributed by atoms with Crippen molar-refractivity contribution in [3.05, 3.63) is 30.2 Å². The maximum absolute atomic E-state index is 5.17. The van der Waals surface area contributed by atoms with Crippen LogP contribution in [0.4, 0.5) is 0 Å². The van der Waals surface area contributed by atoms with Gasteiger partial charge in [0.15, 0.2) is 0 Å². The Morgan fingerprint density at radius 1 is 1.75 bits per heavy atom. The van der Waals surface area contributed by atoms with Crippen LogP contribution in [0.15, 0.2) is 28.9 Å². The normalized spacial score (nSPS) is 10.8. The first-order valence-electron chi connectivity index (χ1n) is 3.71. The topological polar surface area (TPSA) is 22.4 Å². The SMILES string of the molecule is CCO[C](=[Cr])/C=C/c1ccco1. The van der Waals surface area contributed by atoms with Gasteiger partial charge in [0.25, 0.3) is 0 Å². The van der Waals surface area contributed by atoms with Gasteiger partial charge in [-0.3, -0.25) is 0 Å². The van der Waals surface area contributed by atoms with Crippen molar-refractivity contribution in [2.45, 2.75) is 6.92 Å². The van der Waals surface area contributed by atoms with Crippen LogP contribution in [0.2, 0.25) is 0 Å². The number of furan rings is 1. The summed E-state index contributed by atoms with van der Waals surface area (Å²) in [6.07, 6.45) is 5.32. The summed E-state index contributed by atoms with van der Waals surface area (Å²) in [5.41, 5.74) is 0. The third-order valence-electron chi connectivity index (χ3n) is 1.21. The van der Waals surface area contributed by atoms with Gasteiger partial charge in [0.2, 0.25) is 0 Å². The molecule has 1 heterocycles. The van der Waals surface area contributed by atoms with Gasteiger partial charge < -0.3 is 0 Å². The van der Waals surface area contributed by atoms with E-state index in [9.17, 15) is 0 Å². The molecule has 1 rings (SSSR count). The molecule has 0 spiro atoms. The van der Waals surface area contributed by atoms with E-state index in [4.69, 9.17) is 9.15 Å². The predicted molar refractivity (Wildman–Crippen MR) is 44.4 cm³/mol. The molecule has 0 amide bonds. The molecule has 0 saturated carbocycles. The molecule has 0 bridgehead atoms. The van der Waals surface area contributed by atoms with E-state index in [1.54, 1.807) is 6.26 Å². The van der Waals surface area contributed by atoms with Gasteiger partial charge in [0.05, 0.1) is 0 Å². The van der Waals surface area contributed by atoms with Crippen molar-refractivity contribution in [3.63, 3.8) is 0 Å². The quantitative estimate of drug-likeness (QED) is 0.745. The van der Waals surface area contributed by atoms with Crippen molar-refractivity contribution in [2.24, 2.45) is 0 Å². The molecule has 0 aromatic carbocycles. The summed E-state index contributed by atoms with van der Waals surface area (Å²) in [4.78, 5) is 0. The molecule has 0 atom stereocenters. The summed E-state index contributed by atoms with van der Waals surface area (Å²) in [6, 6.07) is 3.73. The number of hydrogen-bond donors (Lipinski definition) is 0. The molecule has 64 valence electrons. The maximum atomic E-state index is 5.17. The van der Waals surface area contributed by atoms with Crippen molar-refractivity contribution in [1.82, 2.24) is 0 Å². The zero-order valence-corrected chi connectivity index (χ0v) is 8.09. The molecular formula is C9H10CrO2. The number of rotatable bonds is 4. The Morgan fingerprint density at radius 3 is 3.17 bits per heavy atom. The second-order valence-corrected chi connectivity index (χ2v) is 2.73. The van der Waals surface area contributed by atoms with E-state index >= 15 is 0 Å². The first kappa shape index (κ1) is 9.47. The van der Waals surface area contributed by atoms with Crippen LogP contribution in [0, 0.1) is 0 Å². The zero-order chi connectivity index (χ0) is 8.81. The second kappa shape index (κ2) is 5.10. The van der Waals surface area contributed by atoms with E-state index in [2.05, 4.69) is 15.9 Å². The summed E-state index contributed by atoms with van der Waals surface area (Å²) >= 11 is 2.81. The molecule has 0 aliphatic carbocycles. The molecule has 0 N–H and O–H groups in total. The summed E-state index contributed by atoms with van der Waals surface area (Å²) in [7, 11) is 0. The van der Waals surface area contributed by atoms with Crippen LogP contribution in [-0.2, 0) is 20.6 Å². The van der Waals surface area contributed by atoms with Gasteiger partial charge in [-0.1, -0.05) is 0 Å². The number of ether oxygens (including phenoxy) is 1. The minimum absolute atomic E-state index is 0.671. The van der Waals surface area contributed by atoms with Crippen LogP contribution in [0.3, 0.4) is 0 Å². The van der Waals surface area contributed by atoms with Crippen molar-refractivity contribution in [1.29, 1.82) is 0 Å². The van der Waals surface area contributed by atoms with Crippen LogP contribution < -0.4 is 0 Å². The summed E-state index contributed by atoms with van der Waals surface area (Å²) in [6.45, 7) is 2.61. The van der Waals surface area contributed by atoms with Gasteiger partial charge in [0.1, 0.15) is 0 Å². The van der Waals surface area contributed by atoms with E-state index in [1.165, 1.54) is 0 Å². The van der Waals surface area contributed by atoms with Gasteiger partial charge in [-0.2, -0.15) is 0 Å². The minimum atomic E-state index is 0.671. The fourth-order valence-electron chi connectivity index (χ4n) is 0.727. The molecule has 3 heteroatoms. The first-order valence-corrected chi connectivity index (χ1v) is 4.35. The molecular weight excluding hydrogens is 192 g/mol. The molecule has 1 aromatic heterocycles. The molecule has 0 fully saturated rings. The van der Waals surface area contributed by atoms with Crippen LogP contribution in [0.1, 0.15) is 12.7 Å². The van der Waals surface area contributed by atoms with E-state index in [1.807, 2.05) is 31.2 Å². The molecule has 0 aliphatic rings. The monoisotopic (exact) mass is 202 g/mol. The third-order valence-corrected chi connectivity index (χ3v) is 1.61. The standard InChI is InChI=1S/C9H10O2.Cr/c1-2-10-7-3-5-9-6-4-8-11-9;/h3-6,8H,2H2,1H3;/b5-3+;. The summed E-state index contributed by atoms with van der Waals surface area (Å²) in [5.74, 6) is 0.822. The van der Waals surface area contributed by atoms with Crippen LogP contribution in [0.5, 0.6) is 0 Å². The van der Waals surface area contributed by atoms with E-state index in [-0.39, 0.29) is 0 Å². The Labute approximate surface area is 79.8 Å². The summed E-state index contributed by atoms with van der Waals surface area (Å²) in [5, 5.41) is 0. The van der Waals surface area contributed by atoms with Crippen LogP contribution >= 0.6 is 0 Å². The Hall–Kier alpha value is -0.618. The first-order chi connectivity index (χ1) is 5.83. The van der Waals surface area contributed by atoms with Gasteiger partial charge in [0, 0.05) is 0 Å². The van der Waals surface area contributed by atoms with Gasteiger partial charge in [-0.05, 0) is 0 Å². The molecule has 1 aromatic rings. The molecule has 0 unspecified atom stereocenters. The average molecular weight is 202 g/mol. The Bertz CT molecular complexity index is 262. The van der Waals surface area contributed by atoms with Crippen LogP contribution in [-0.4, -0.2) is 11.2 Å². The molecule has 12 heavy (non-hydrogen) atoms. The molecule has 0 radical (unpaired) electrons. The van der Waals surface area contributed by atoms with Crippen molar-refractivity contribution in [2.75, 3.05) is 6.61 Å². The van der Waals surface area contributed by atoms with Crippen molar-refractivity contribution in [3.8, 4) is 0 Å². The van der Waals surface area contributed by atoms with E-state index in [0.29, 0.717) is 6.61 Å². The number of hydrogen-bond acceptors (Lipinski definition) is 2. The van der Waals surface area contributed by atoms with Gasteiger partial charge in [-0.25, -0.2) is 0 Å². The van der Waals surface area contributed by atoms with E-state index < -0.39 is 0 Å². The Kier molecular flexibility index (Phi) is 4.03. The fraction of sp³-hybridized carbons (Fsp3) is 0.222. The zero-order valence-electron chi connectivity index (χ0n) is 6.82. The summed E-state index contributed by atoms with van der Waals surface area (Å²) < 4.78 is 11.0. The van der Waals surface area contributed by atoms with E-state index in [0.717, 1.165) is 10.3 Å². The van der Waals surface area contributed by atoms with Gasteiger partial charge >= 0.3 is 79.4 Å². The third kappa shape index (κ3) is 3.19. The van der Waals surface area contributed by atoms with Crippen molar-refractivity contribution >= 4 is 10.6 Å². The molecule has 0 aliphatic heterocycles. The van der Waals surface area contributed by atoms with Crippen LogP contribution in [0.25, 0.3) is 6.08 Å². The second-order valence-electron chi connectivity index (χ2n) is 2.10. The Balaban J connectivity index is 2.45. The molecule has 2 nitrogen and oxygen atoms in total. The molecule has 0 saturated heterocycles.